The molecule has 9 heteroatoms. The van der Waals surface area contributed by atoms with E-state index >= 15 is 0 Å². The van der Waals surface area contributed by atoms with Gasteiger partial charge in [-0.05, 0) is 42.5 Å². The first-order chi connectivity index (χ1) is 14.6. The zero-order valence-corrected chi connectivity index (χ0v) is 17.0. The largest absolute Gasteiger partial charge is 0.494 e. The number of rotatable bonds is 5. The summed E-state index contributed by atoms with van der Waals surface area (Å²) in [6.07, 6.45) is 4.43. The molecule has 0 radical (unpaired) electrons. The summed E-state index contributed by atoms with van der Waals surface area (Å²) in [6.45, 7) is 2.81. The summed E-state index contributed by atoms with van der Waals surface area (Å²) in [5, 5.41) is 6.26. The van der Waals surface area contributed by atoms with Crippen LogP contribution in [0.3, 0.4) is 0 Å². The topological polar surface area (TPSA) is 88.6 Å². The fourth-order valence-corrected chi connectivity index (χ4v) is 3.67. The second kappa shape index (κ2) is 9.25. The highest BCUT2D eigenvalue weighted by molar-refractivity contribution is 5.74. The Morgan fingerprint density at radius 1 is 1.37 bits per heavy atom. The molecule has 0 spiro atoms. The number of urea groups is 1. The van der Waals surface area contributed by atoms with E-state index in [-0.39, 0.29) is 11.8 Å². The number of anilines is 1. The van der Waals surface area contributed by atoms with E-state index in [9.17, 15) is 9.18 Å². The number of hydrogen-bond acceptors (Lipinski definition) is 6. The van der Waals surface area contributed by atoms with Gasteiger partial charge in [-0.2, -0.15) is 0 Å². The number of methoxy groups -OCH3 is 1. The number of amides is 2. The number of ether oxygens (including phenoxy) is 2. The van der Waals surface area contributed by atoms with Crippen molar-refractivity contribution in [1.29, 1.82) is 0 Å². The SMILES string of the molecule is COc1cc(CNC(=O)N2CCc3cnc(NC4CCOCC4)nc3C2)ccc1F. The van der Waals surface area contributed by atoms with Crippen LogP contribution < -0.4 is 15.4 Å². The summed E-state index contributed by atoms with van der Waals surface area (Å²) in [4.78, 5) is 23.5. The van der Waals surface area contributed by atoms with Crippen molar-refractivity contribution in [2.24, 2.45) is 0 Å². The van der Waals surface area contributed by atoms with Gasteiger partial charge in [-0.15, -0.1) is 0 Å². The Morgan fingerprint density at radius 3 is 3.00 bits per heavy atom. The highest BCUT2D eigenvalue weighted by atomic mass is 19.1. The van der Waals surface area contributed by atoms with Crippen molar-refractivity contribution in [3.8, 4) is 5.75 Å². The van der Waals surface area contributed by atoms with E-state index in [1.54, 1.807) is 17.0 Å². The first-order valence-electron chi connectivity index (χ1n) is 10.2. The van der Waals surface area contributed by atoms with Crippen LogP contribution in [0.25, 0.3) is 0 Å². The van der Waals surface area contributed by atoms with Crippen molar-refractivity contribution in [2.45, 2.75) is 38.4 Å². The Bertz CT molecular complexity index is 904. The van der Waals surface area contributed by atoms with Gasteiger partial charge in [0, 0.05) is 38.5 Å². The summed E-state index contributed by atoms with van der Waals surface area (Å²) < 4.78 is 23.9. The first-order valence-corrected chi connectivity index (χ1v) is 10.2. The van der Waals surface area contributed by atoms with E-state index < -0.39 is 5.82 Å². The number of aromatic nitrogens is 2. The standard InChI is InChI=1S/C21H26FN5O3/c1-29-19-10-14(2-3-17(19)22)11-24-21(28)27-7-4-15-12-23-20(26-18(15)13-27)25-16-5-8-30-9-6-16/h2-3,10,12,16H,4-9,11,13H2,1H3,(H,24,28)(H,23,25,26). The Morgan fingerprint density at radius 2 is 2.20 bits per heavy atom. The third-order valence-corrected chi connectivity index (χ3v) is 5.45. The molecule has 0 bridgehead atoms. The molecule has 1 aromatic carbocycles. The lowest BCUT2D eigenvalue weighted by Gasteiger charge is -2.29. The molecule has 0 atom stereocenters. The van der Waals surface area contributed by atoms with Gasteiger partial charge in [-0.3, -0.25) is 0 Å². The van der Waals surface area contributed by atoms with Crippen LogP contribution in [0.2, 0.25) is 0 Å². The number of carbonyl (C=O) groups is 1. The van der Waals surface area contributed by atoms with Crippen LogP contribution in [0.5, 0.6) is 5.75 Å². The molecular weight excluding hydrogens is 389 g/mol. The molecule has 0 unspecified atom stereocenters. The van der Waals surface area contributed by atoms with Crippen LogP contribution in [-0.2, 0) is 24.2 Å². The zero-order chi connectivity index (χ0) is 20.9. The predicted octanol–water partition coefficient (Wildman–Crippen LogP) is 2.48. The van der Waals surface area contributed by atoms with Crippen molar-refractivity contribution in [3.05, 3.63) is 47.0 Å². The van der Waals surface area contributed by atoms with Gasteiger partial charge in [0.15, 0.2) is 11.6 Å². The number of hydrogen-bond donors (Lipinski definition) is 2. The molecule has 2 aliphatic heterocycles. The summed E-state index contributed by atoms with van der Waals surface area (Å²) in [6, 6.07) is 4.68. The molecule has 0 aliphatic carbocycles. The van der Waals surface area contributed by atoms with Gasteiger partial charge in [0.1, 0.15) is 0 Å². The van der Waals surface area contributed by atoms with Crippen LogP contribution in [0.4, 0.5) is 15.1 Å². The van der Waals surface area contributed by atoms with E-state index in [0.29, 0.717) is 38.0 Å². The van der Waals surface area contributed by atoms with E-state index in [0.717, 1.165) is 42.9 Å². The molecule has 2 amide bonds. The van der Waals surface area contributed by atoms with Crippen LogP contribution in [0.1, 0.15) is 29.7 Å². The van der Waals surface area contributed by atoms with Gasteiger partial charge in [0.25, 0.3) is 0 Å². The van der Waals surface area contributed by atoms with E-state index in [1.165, 1.54) is 13.2 Å². The number of benzene rings is 1. The Labute approximate surface area is 174 Å². The maximum absolute atomic E-state index is 13.5. The van der Waals surface area contributed by atoms with Crippen LogP contribution >= 0.6 is 0 Å². The Balaban J connectivity index is 1.35. The average molecular weight is 415 g/mol. The lowest BCUT2D eigenvalue weighted by atomic mass is 10.1. The molecule has 160 valence electrons. The maximum atomic E-state index is 13.5. The summed E-state index contributed by atoms with van der Waals surface area (Å²) in [7, 11) is 1.42. The normalized spacial score (nSPS) is 16.7. The van der Waals surface area contributed by atoms with Crippen molar-refractivity contribution in [2.75, 3.05) is 32.2 Å². The Kier molecular flexibility index (Phi) is 6.27. The van der Waals surface area contributed by atoms with Gasteiger partial charge in [-0.25, -0.2) is 19.2 Å². The minimum absolute atomic E-state index is 0.162. The molecule has 1 aromatic heterocycles. The van der Waals surface area contributed by atoms with Crippen LogP contribution in [0, 0.1) is 5.82 Å². The van der Waals surface area contributed by atoms with E-state index in [2.05, 4.69) is 20.6 Å². The highest BCUT2D eigenvalue weighted by Crippen LogP contribution is 2.20. The van der Waals surface area contributed by atoms with Gasteiger partial charge < -0.3 is 25.0 Å². The highest BCUT2D eigenvalue weighted by Gasteiger charge is 2.23. The minimum Gasteiger partial charge on any atom is -0.494 e. The number of halogens is 1. The fraction of sp³-hybridized carbons (Fsp3) is 0.476. The smallest absolute Gasteiger partial charge is 0.318 e. The van der Waals surface area contributed by atoms with Gasteiger partial charge in [0.05, 0.1) is 19.3 Å². The van der Waals surface area contributed by atoms with Crippen molar-refractivity contribution in [1.82, 2.24) is 20.2 Å². The molecule has 3 heterocycles. The number of carbonyl (C=O) groups excluding carboxylic acids is 1. The summed E-state index contributed by atoms with van der Waals surface area (Å²) in [5.74, 6) is 0.335. The molecule has 0 saturated carbocycles. The monoisotopic (exact) mass is 415 g/mol. The predicted molar refractivity (Wildman–Crippen MR) is 109 cm³/mol. The lowest BCUT2D eigenvalue weighted by Crippen LogP contribution is -2.43. The molecule has 1 fully saturated rings. The molecule has 1 saturated heterocycles. The summed E-state index contributed by atoms with van der Waals surface area (Å²) in [5.41, 5.74) is 2.70. The van der Waals surface area contributed by atoms with Crippen molar-refractivity contribution < 1.29 is 18.7 Å². The van der Waals surface area contributed by atoms with E-state index in [1.807, 2.05) is 6.20 Å². The molecule has 30 heavy (non-hydrogen) atoms. The number of nitrogens with one attached hydrogen (secondary N) is 2. The first kappa shape index (κ1) is 20.3. The third-order valence-electron chi connectivity index (χ3n) is 5.45. The lowest BCUT2D eigenvalue weighted by molar-refractivity contribution is 0.0903. The van der Waals surface area contributed by atoms with Crippen LogP contribution in [0.15, 0.2) is 24.4 Å². The maximum Gasteiger partial charge on any atom is 0.318 e. The molecule has 4 rings (SSSR count). The molecule has 8 nitrogen and oxygen atoms in total. The molecular formula is C21H26FN5O3. The van der Waals surface area contributed by atoms with Gasteiger partial charge in [0.2, 0.25) is 5.95 Å². The van der Waals surface area contributed by atoms with Crippen molar-refractivity contribution in [3.63, 3.8) is 0 Å². The van der Waals surface area contributed by atoms with Gasteiger partial charge >= 0.3 is 6.03 Å². The quantitative estimate of drug-likeness (QED) is 0.780. The second-order valence-corrected chi connectivity index (χ2v) is 7.50. The third kappa shape index (κ3) is 4.79. The Hall–Kier alpha value is -2.94. The van der Waals surface area contributed by atoms with Gasteiger partial charge in [-0.1, -0.05) is 6.07 Å². The molecule has 2 aromatic rings. The molecule has 2 aliphatic rings. The molecule has 2 N–H and O–H groups in total. The summed E-state index contributed by atoms with van der Waals surface area (Å²) >= 11 is 0. The van der Waals surface area contributed by atoms with E-state index in [4.69, 9.17) is 9.47 Å². The fourth-order valence-electron chi connectivity index (χ4n) is 3.67. The minimum atomic E-state index is -0.426. The number of fused-ring (bicyclic) bond motifs is 1. The van der Waals surface area contributed by atoms with Crippen molar-refractivity contribution >= 4 is 12.0 Å². The average Bonchev–Trinajstić information content (AvgIpc) is 2.78. The number of nitrogens with zero attached hydrogens (tertiary/aromatic N) is 3. The van der Waals surface area contributed by atoms with Crippen LogP contribution in [-0.4, -0.2) is 53.8 Å². The second-order valence-electron chi connectivity index (χ2n) is 7.50. The zero-order valence-electron chi connectivity index (χ0n) is 17.0.